The van der Waals surface area contributed by atoms with Gasteiger partial charge in [0.15, 0.2) is 0 Å². The summed E-state index contributed by atoms with van der Waals surface area (Å²) in [5.41, 5.74) is 5.79. The highest BCUT2D eigenvalue weighted by Crippen LogP contribution is 2.35. The predicted molar refractivity (Wildman–Crippen MR) is 88.9 cm³/mol. The van der Waals surface area contributed by atoms with E-state index < -0.39 is 10.0 Å². The van der Waals surface area contributed by atoms with Gasteiger partial charge in [-0.25, -0.2) is 8.42 Å². The van der Waals surface area contributed by atoms with E-state index in [2.05, 4.69) is 15.9 Å². The normalized spacial score (nSPS) is 22.9. The monoisotopic (exact) mass is 394 g/mol. The summed E-state index contributed by atoms with van der Waals surface area (Å²) < 4.78 is 28.2. The molecular weight excluding hydrogens is 376 g/mol. The molecule has 1 aliphatic carbocycles. The molecule has 1 aromatic rings. The van der Waals surface area contributed by atoms with E-state index in [1.54, 1.807) is 22.5 Å². The zero-order valence-corrected chi connectivity index (χ0v) is 15.1. The lowest BCUT2D eigenvalue weighted by atomic mass is 10.0. The van der Waals surface area contributed by atoms with E-state index in [-0.39, 0.29) is 21.9 Å². The molecular formula is C14H20BrClN2O2S. The van der Waals surface area contributed by atoms with Crippen LogP contribution in [0, 0.1) is 5.92 Å². The van der Waals surface area contributed by atoms with Crippen LogP contribution >= 0.6 is 27.5 Å². The van der Waals surface area contributed by atoms with Crippen LogP contribution in [-0.2, 0) is 10.0 Å². The fraction of sp³-hybridized carbons (Fsp3) is 0.571. The van der Waals surface area contributed by atoms with Crippen molar-refractivity contribution in [2.45, 2.75) is 37.1 Å². The summed E-state index contributed by atoms with van der Waals surface area (Å²) in [7, 11) is -3.60. The van der Waals surface area contributed by atoms with Gasteiger partial charge < -0.3 is 5.73 Å². The summed E-state index contributed by atoms with van der Waals surface area (Å²) in [6, 6.07) is 4.83. The Labute approximate surface area is 139 Å². The first-order valence-corrected chi connectivity index (χ1v) is 9.69. The Balaban J connectivity index is 2.40. The number of hydrogen-bond donors (Lipinski definition) is 1. The Hall–Kier alpha value is -0.140. The van der Waals surface area contributed by atoms with Gasteiger partial charge in [0.2, 0.25) is 10.0 Å². The molecule has 0 bridgehead atoms. The highest BCUT2D eigenvalue weighted by atomic mass is 79.9. The predicted octanol–water partition coefficient (Wildman–Crippen LogP) is 3.24. The fourth-order valence-electron chi connectivity index (χ4n) is 3.06. The third kappa shape index (κ3) is 3.45. The molecule has 2 atom stereocenters. The Morgan fingerprint density at radius 1 is 1.43 bits per heavy atom. The number of nitrogens with two attached hydrogens (primary N) is 1. The summed E-state index contributed by atoms with van der Waals surface area (Å²) >= 11 is 9.43. The lowest BCUT2D eigenvalue weighted by Crippen LogP contribution is -2.44. The van der Waals surface area contributed by atoms with Crippen molar-refractivity contribution in [1.29, 1.82) is 0 Å². The highest BCUT2D eigenvalue weighted by molar-refractivity contribution is 9.10. The van der Waals surface area contributed by atoms with Crippen molar-refractivity contribution >= 4 is 37.6 Å². The molecule has 2 rings (SSSR count). The quantitative estimate of drug-likeness (QED) is 0.832. The summed E-state index contributed by atoms with van der Waals surface area (Å²) in [5.74, 6) is 0.231. The first-order valence-electron chi connectivity index (χ1n) is 7.08. The molecule has 0 saturated heterocycles. The van der Waals surface area contributed by atoms with Gasteiger partial charge in [-0.05, 0) is 43.5 Å². The summed E-state index contributed by atoms with van der Waals surface area (Å²) in [5, 5.41) is 0.241. The molecule has 1 fully saturated rings. The van der Waals surface area contributed by atoms with E-state index in [9.17, 15) is 8.42 Å². The van der Waals surface area contributed by atoms with Crippen molar-refractivity contribution < 1.29 is 8.42 Å². The Bertz CT molecular complexity index is 609. The van der Waals surface area contributed by atoms with Crippen LogP contribution in [0.4, 0.5) is 0 Å². The second-order valence-corrected chi connectivity index (χ2v) is 8.46. The van der Waals surface area contributed by atoms with Crippen LogP contribution in [0.15, 0.2) is 27.6 Å². The number of rotatable bonds is 5. The van der Waals surface area contributed by atoms with Crippen LogP contribution in [0.3, 0.4) is 0 Å². The molecule has 0 heterocycles. The zero-order valence-electron chi connectivity index (χ0n) is 11.9. The van der Waals surface area contributed by atoms with Gasteiger partial charge in [-0.15, -0.1) is 0 Å². The standard InChI is InChI=1S/C14H20BrClN2O2S/c1-2-18(13-5-3-4-10(13)9-17)21(19,20)14-7-6-11(15)8-12(14)16/h6-8,10,13H,2-5,9,17H2,1H3. The summed E-state index contributed by atoms with van der Waals surface area (Å²) in [6.45, 7) is 2.80. The van der Waals surface area contributed by atoms with E-state index in [0.717, 1.165) is 23.7 Å². The molecule has 0 spiro atoms. The molecule has 0 amide bonds. The maximum absolute atomic E-state index is 12.9. The van der Waals surface area contributed by atoms with Crippen molar-refractivity contribution in [2.75, 3.05) is 13.1 Å². The molecule has 118 valence electrons. The van der Waals surface area contributed by atoms with Gasteiger partial charge in [-0.3, -0.25) is 0 Å². The van der Waals surface area contributed by atoms with Gasteiger partial charge >= 0.3 is 0 Å². The third-order valence-corrected chi connectivity index (χ3v) is 7.06. The Kier molecular flexibility index (Phi) is 5.71. The van der Waals surface area contributed by atoms with E-state index >= 15 is 0 Å². The van der Waals surface area contributed by atoms with Crippen LogP contribution in [0.1, 0.15) is 26.2 Å². The SMILES string of the molecule is CCN(C1CCCC1CN)S(=O)(=O)c1ccc(Br)cc1Cl. The minimum atomic E-state index is -3.60. The van der Waals surface area contributed by atoms with Gasteiger partial charge in [0.25, 0.3) is 0 Å². The van der Waals surface area contributed by atoms with Crippen LogP contribution in [0.25, 0.3) is 0 Å². The van der Waals surface area contributed by atoms with Crippen LogP contribution < -0.4 is 5.73 Å². The van der Waals surface area contributed by atoms with Gasteiger partial charge in [0, 0.05) is 17.1 Å². The van der Waals surface area contributed by atoms with E-state index in [1.165, 1.54) is 0 Å². The summed E-state index contributed by atoms with van der Waals surface area (Å²) in [6.07, 6.45) is 2.87. The maximum atomic E-state index is 12.9. The molecule has 1 aromatic carbocycles. The Morgan fingerprint density at radius 2 is 2.14 bits per heavy atom. The second kappa shape index (κ2) is 6.96. The van der Waals surface area contributed by atoms with Crippen molar-refractivity contribution in [2.24, 2.45) is 11.7 Å². The number of halogens is 2. The number of benzene rings is 1. The maximum Gasteiger partial charge on any atom is 0.244 e. The molecule has 0 radical (unpaired) electrons. The molecule has 7 heteroatoms. The van der Waals surface area contributed by atoms with Crippen molar-refractivity contribution in [1.82, 2.24) is 4.31 Å². The molecule has 0 aliphatic heterocycles. The van der Waals surface area contributed by atoms with Gasteiger partial charge in [0.05, 0.1) is 5.02 Å². The first-order chi connectivity index (χ1) is 9.91. The molecule has 4 nitrogen and oxygen atoms in total. The fourth-order valence-corrected chi connectivity index (χ4v) is 5.80. The minimum Gasteiger partial charge on any atom is -0.330 e. The number of sulfonamides is 1. The highest BCUT2D eigenvalue weighted by Gasteiger charge is 2.38. The van der Waals surface area contributed by atoms with E-state index in [1.807, 2.05) is 6.92 Å². The first kappa shape index (κ1) is 17.2. The lowest BCUT2D eigenvalue weighted by Gasteiger charge is -2.31. The van der Waals surface area contributed by atoms with Gasteiger partial charge in [-0.2, -0.15) is 4.31 Å². The molecule has 0 aromatic heterocycles. The second-order valence-electron chi connectivity index (χ2n) is 5.28. The minimum absolute atomic E-state index is 0.0234. The molecule has 2 unspecified atom stereocenters. The number of nitrogens with zero attached hydrogens (tertiary/aromatic N) is 1. The van der Waals surface area contributed by atoms with E-state index in [4.69, 9.17) is 17.3 Å². The molecule has 1 saturated carbocycles. The molecule has 1 aliphatic rings. The number of hydrogen-bond acceptors (Lipinski definition) is 3. The average molecular weight is 396 g/mol. The van der Waals surface area contributed by atoms with Crippen LogP contribution in [-0.4, -0.2) is 31.9 Å². The zero-order chi connectivity index (χ0) is 15.6. The van der Waals surface area contributed by atoms with Gasteiger partial charge in [-0.1, -0.05) is 40.9 Å². The largest absolute Gasteiger partial charge is 0.330 e. The Morgan fingerprint density at radius 3 is 2.71 bits per heavy atom. The smallest absolute Gasteiger partial charge is 0.244 e. The molecule has 2 N–H and O–H groups in total. The summed E-state index contributed by atoms with van der Waals surface area (Å²) in [4.78, 5) is 0.164. The van der Waals surface area contributed by atoms with Crippen molar-refractivity contribution in [3.8, 4) is 0 Å². The van der Waals surface area contributed by atoms with Crippen LogP contribution in [0.2, 0.25) is 5.02 Å². The van der Waals surface area contributed by atoms with Crippen molar-refractivity contribution in [3.05, 3.63) is 27.7 Å². The van der Waals surface area contributed by atoms with Gasteiger partial charge in [0.1, 0.15) is 4.90 Å². The van der Waals surface area contributed by atoms with Crippen LogP contribution in [0.5, 0.6) is 0 Å². The van der Waals surface area contributed by atoms with E-state index in [0.29, 0.717) is 13.1 Å². The third-order valence-electron chi connectivity index (χ3n) is 4.08. The average Bonchev–Trinajstić information content (AvgIpc) is 2.86. The molecule has 21 heavy (non-hydrogen) atoms. The lowest BCUT2D eigenvalue weighted by molar-refractivity contribution is 0.276. The van der Waals surface area contributed by atoms with Crippen molar-refractivity contribution in [3.63, 3.8) is 0 Å². The topological polar surface area (TPSA) is 63.4 Å².